The highest BCUT2D eigenvalue weighted by Crippen LogP contribution is 2.21. The molecule has 2 aromatic rings. The molecule has 6 heteroatoms. The summed E-state index contributed by atoms with van der Waals surface area (Å²) in [6, 6.07) is 13.5. The van der Waals surface area contributed by atoms with Crippen LogP contribution in [-0.4, -0.2) is 16.6 Å². The average Bonchev–Trinajstić information content (AvgIpc) is 2.85. The van der Waals surface area contributed by atoms with E-state index in [1.165, 1.54) is 6.07 Å². The molecule has 2 aromatic carbocycles. The molecule has 0 amide bonds. The van der Waals surface area contributed by atoms with Crippen molar-refractivity contribution in [1.82, 2.24) is 5.43 Å². The van der Waals surface area contributed by atoms with Crippen molar-refractivity contribution in [3.63, 3.8) is 0 Å². The number of hydrazone groups is 1. The van der Waals surface area contributed by atoms with Crippen LogP contribution in [0.2, 0.25) is 0 Å². The Labute approximate surface area is 132 Å². The minimum atomic E-state index is -0.402. The minimum absolute atomic E-state index is 0.0316. The number of para-hydroxylation sites is 1. The van der Waals surface area contributed by atoms with Crippen LogP contribution in [0.15, 0.2) is 53.6 Å². The maximum absolute atomic E-state index is 13.5. The molecule has 110 valence electrons. The number of thiocarbonyl (C=S) groups is 1. The van der Waals surface area contributed by atoms with E-state index >= 15 is 0 Å². The lowest BCUT2D eigenvalue weighted by atomic mass is 10.1. The van der Waals surface area contributed by atoms with E-state index in [0.29, 0.717) is 11.3 Å². The van der Waals surface area contributed by atoms with Gasteiger partial charge in [-0.2, -0.15) is 5.10 Å². The molecular weight excluding hydrogens is 301 g/mol. The number of benzene rings is 2. The molecule has 0 aromatic heterocycles. The smallest absolute Gasteiger partial charge is 0.191 e. The number of Topliss-reactive ketones (excluding diaryl/α,β-unsaturated/α-hetero) is 1. The number of fused-ring (bicyclic) bond motifs is 1. The first kappa shape index (κ1) is 14.3. The van der Waals surface area contributed by atoms with Crippen LogP contribution in [0.25, 0.3) is 0 Å². The van der Waals surface area contributed by atoms with E-state index < -0.39 is 5.82 Å². The Kier molecular flexibility index (Phi) is 3.93. The van der Waals surface area contributed by atoms with Gasteiger partial charge in [0.1, 0.15) is 5.82 Å². The number of rotatable bonds is 2. The zero-order valence-corrected chi connectivity index (χ0v) is 12.3. The molecule has 0 atom stereocenters. The van der Waals surface area contributed by atoms with Crippen LogP contribution in [0.4, 0.5) is 10.1 Å². The number of ketones is 1. The van der Waals surface area contributed by atoms with Crippen LogP contribution in [0, 0.1) is 5.82 Å². The van der Waals surface area contributed by atoms with Crippen molar-refractivity contribution in [3.05, 3.63) is 65.5 Å². The highest BCUT2D eigenvalue weighted by molar-refractivity contribution is 7.80. The van der Waals surface area contributed by atoms with Crippen LogP contribution in [-0.2, 0) is 0 Å². The van der Waals surface area contributed by atoms with E-state index in [2.05, 4.69) is 15.8 Å². The van der Waals surface area contributed by atoms with Crippen molar-refractivity contribution < 1.29 is 9.18 Å². The molecule has 0 heterocycles. The first-order chi connectivity index (χ1) is 10.6. The first-order valence-electron chi connectivity index (χ1n) is 6.66. The van der Waals surface area contributed by atoms with Gasteiger partial charge in [-0.25, -0.2) is 4.39 Å². The third-order valence-corrected chi connectivity index (χ3v) is 3.47. The standard InChI is InChI=1S/C16H12FN3OS/c17-12-7-3-4-8-13(12)18-16(22)20-19-14-9-15(21)11-6-2-1-5-10(11)14/h1-8H,9H2,(H2,18,20,22)/b19-14+. The SMILES string of the molecule is O=C1C/C(=N\NC(=S)Nc2ccccc2F)c2ccccc21. The predicted octanol–water partition coefficient (Wildman–Crippen LogP) is 3.10. The van der Waals surface area contributed by atoms with E-state index in [0.717, 1.165) is 5.56 Å². The lowest BCUT2D eigenvalue weighted by molar-refractivity contribution is 0.101. The zero-order chi connectivity index (χ0) is 15.5. The lowest BCUT2D eigenvalue weighted by Crippen LogP contribution is -2.25. The molecule has 4 nitrogen and oxygen atoms in total. The van der Waals surface area contributed by atoms with Crippen LogP contribution in [0.5, 0.6) is 0 Å². The van der Waals surface area contributed by atoms with Crippen molar-refractivity contribution in [2.75, 3.05) is 5.32 Å². The highest BCUT2D eigenvalue weighted by Gasteiger charge is 2.24. The maximum atomic E-state index is 13.5. The van der Waals surface area contributed by atoms with Crippen molar-refractivity contribution in [2.24, 2.45) is 5.10 Å². The normalized spacial score (nSPS) is 14.8. The number of hydrogen-bond acceptors (Lipinski definition) is 3. The van der Waals surface area contributed by atoms with E-state index in [1.54, 1.807) is 24.3 Å². The molecule has 0 saturated heterocycles. The minimum Gasteiger partial charge on any atom is -0.329 e. The molecule has 22 heavy (non-hydrogen) atoms. The summed E-state index contributed by atoms with van der Waals surface area (Å²) >= 11 is 5.08. The van der Waals surface area contributed by atoms with E-state index in [4.69, 9.17) is 12.2 Å². The van der Waals surface area contributed by atoms with E-state index in [1.807, 2.05) is 18.2 Å². The molecule has 0 spiro atoms. The van der Waals surface area contributed by atoms with Gasteiger partial charge < -0.3 is 5.32 Å². The second kappa shape index (κ2) is 6.03. The molecule has 3 rings (SSSR count). The van der Waals surface area contributed by atoms with Gasteiger partial charge in [0.15, 0.2) is 10.9 Å². The summed E-state index contributed by atoms with van der Waals surface area (Å²) in [7, 11) is 0. The van der Waals surface area contributed by atoms with Crippen molar-refractivity contribution >= 4 is 34.5 Å². The predicted molar refractivity (Wildman–Crippen MR) is 87.7 cm³/mol. The molecule has 0 radical (unpaired) electrons. The average molecular weight is 313 g/mol. The van der Waals surface area contributed by atoms with Crippen LogP contribution in [0.3, 0.4) is 0 Å². The Morgan fingerprint density at radius 1 is 1.09 bits per heavy atom. The van der Waals surface area contributed by atoms with Gasteiger partial charge in [0.2, 0.25) is 0 Å². The molecule has 1 aliphatic carbocycles. The van der Waals surface area contributed by atoms with Gasteiger partial charge in [-0.15, -0.1) is 0 Å². The number of carbonyl (C=O) groups excluding carboxylic acids is 1. The summed E-state index contributed by atoms with van der Waals surface area (Å²) in [5, 5.41) is 7.04. The van der Waals surface area contributed by atoms with Gasteiger partial charge in [0, 0.05) is 11.1 Å². The third-order valence-electron chi connectivity index (χ3n) is 3.28. The van der Waals surface area contributed by atoms with Gasteiger partial charge >= 0.3 is 0 Å². The molecule has 0 fully saturated rings. The van der Waals surface area contributed by atoms with Gasteiger partial charge in [0.05, 0.1) is 17.8 Å². The van der Waals surface area contributed by atoms with Gasteiger partial charge in [0.25, 0.3) is 0 Å². The van der Waals surface area contributed by atoms with E-state index in [9.17, 15) is 9.18 Å². The molecular formula is C16H12FN3OS. The number of nitrogens with zero attached hydrogens (tertiary/aromatic N) is 1. The van der Waals surface area contributed by atoms with Gasteiger partial charge in [-0.3, -0.25) is 10.2 Å². The maximum Gasteiger partial charge on any atom is 0.191 e. The van der Waals surface area contributed by atoms with Crippen molar-refractivity contribution in [2.45, 2.75) is 6.42 Å². The second-order valence-corrected chi connectivity index (χ2v) is 5.16. The van der Waals surface area contributed by atoms with Gasteiger partial charge in [-0.05, 0) is 24.4 Å². The van der Waals surface area contributed by atoms with E-state index in [-0.39, 0.29) is 23.0 Å². The van der Waals surface area contributed by atoms with Crippen LogP contribution in [0.1, 0.15) is 22.3 Å². The summed E-state index contributed by atoms with van der Waals surface area (Å²) in [5.41, 5.74) is 5.00. The quantitative estimate of drug-likeness (QED) is 0.661. The molecule has 0 aliphatic heterocycles. The fourth-order valence-electron chi connectivity index (χ4n) is 2.25. The molecule has 1 aliphatic rings. The van der Waals surface area contributed by atoms with Crippen molar-refractivity contribution in [3.8, 4) is 0 Å². The Hall–Kier alpha value is -2.60. The summed E-state index contributed by atoms with van der Waals surface area (Å²) in [6.45, 7) is 0. The number of nitrogens with one attached hydrogen (secondary N) is 2. The Bertz CT molecular complexity index is 788. The number of anilines is 1. The molecule has 0 bridgehead atoms. The Morgan fingerprint density at radius 2 is 1.77 bits per heavy atom. The van der Waals surface area contributed by atoms with Gasteiger partial charge in [-0.1, -0.05) is 36.4 Å². The van der Waals surface area contributed by atoms with Crippen LogP contribution >= 0.6 is 12.2 Å². The fraction of sp³-hybridized carbons (Fsp3) is 0.0625. The topological polar surface area (TPSA) is 53.5 Å². The number of halogens is 1. The first-order valence-corrected chi connectivity index (χ1v) is 7.06. The van der Waals surface area contributed by atoms with Crippen LogP contribution < -0.4 is 10.7 Å². The Balaban J connectivity index is 1.71. The lowest BCUT2D eigenvalue weighted by Gasteiger charge is -2.08. The zero-order valence-electron chi connectivity index (χ0n) is 11.5. The van der Waals surface area contributed by atoms with Crippen molar-refractivity contribution in [1.29, 1.82) is 0 Å². The second-order valence-electron chi connectivity index (χ2n) is 4.75. The highest BCUT2D eigenvalue weighted by atomic mass is 32.1. The largest absolute Gasteiger partial charge is 0.329 e. The molecule has 0 unspecified atom stereocenters. The summed E-state index contributed by atoms with van der Waals surface area (Å²) in [5.74, 6) is -0.371. The number of hydrogen-bond donors (Lipinski definition) is 2. The summed E-state index contributed by atoms with van der Waals surface area (Å²) in [4.78, 5) is 11.8. The third kappa shape index (κ3) is 2.87. The number of carbonyl (C=O) groups is 1. The summed E-state index contributed by atoms with van der Waals surface area (Å²) in [6.07, 6.45) is 0.231. The fourth-order valence-corrected chi connectivity index (χ4v) is 2.41. The Morgan fingerprint density at radius 3 is 2.55 bits per heavy atom. The monoisotopic (exact) mass is 313 g/mol. The molecule has 2 N–H and O–H groups in total. The summed E-state index contributed by atoms with van der Waals surface area (Å²) < 4.78 is 13.5. The molecule has 0 saturated carbocycles.